The highest BCUT2D eigenvalue weighted by Crippen LogP contribution is 2.09. The first kappa shape index (κ1) is 25.2. The number of benzene rings is 2. The van der Waals surface area contributed by atoms with E-state index in [2.05, 4.69) is 22.3 Å². The number of hydrogen-bond acceptors (Lipinski definition) is 7. The predicted octanol–water partition coefficient (Wildman–Crippen LogP) is 0.411. The van der Waals surface area contributed by atoms with E-state index in [9.17, 15) is 19.2 Å². The van der Waals surface area contributed by atoms with E-state index in [0.717, 1.165) is 0 Å². The van der Waals surface area contributed by atoms with Crippen LogP contribution in [0.15, 0.2) is 48.5 Å². The van der Waals surface area contributed by atoms with E-state index in [-0.39, 0.29) is 23.3 Å². The van der Waals surface area contributed by atoms with E-state index >= 15 is 0 Å². The first-order valence-corrected chi connectivity index (χ1v) is 8.05. The van der Waals surface area contributed by atoms with Crippen molar-refractivity contribution in [3.05, 3.63) is 59.7 Å². The molecule has 0 aliphatic rings. The van der Waals surface area contributed by atoms with Crippen LogP contribution in [0.3, 0.4) is 0 Å². The van der Waals surface area contributed by atoms with Gasteiger partial charge in [0.2, 0.25) is 11.8 Å². The number of hydrogen-bond donors (Lipinski definition) is 7. The van der Waals surface area contributed by atoms with Gasteiger partial charge in [-0.25, -0.2) is 10.6 Å². The number of nitrogen functional groups attached to an aromatic ring is 1. The van der Waals surface area contributed by atoms with Gasteiger partial charge in [0.1, 0.15) is 0 Å². The van der Waals surface area contributed by atoms with Crippen molar-refractivity contribution in [3.63, 3.8) is 0 Å². The standard InChI is InChI=1S/C9H11N3O2.C9H9NO3.H4N2/c1-6(13)11-8-4-2-7(3-5-8)9(14)12-10;1-6(11)10-8-4-2-7(3-5-8)9(12)13;1-2/h2-5H,10H2,1H3,(H,11,13)(H,12,14);2-5H,1H3,(H,10,11)(H,12,13);1-2H2. The van der Waals surface area contributed by atoms with Crippen LogP contribution < -0.4 is 33.6 Å². The quantitative estimate of drug-likeness (QED) is 0.215. The van der Waals surface area contributed by atoms with Crippen molar-refractivity contribution in [1.29, 1.82) is 0 Å². The number of hydrazine groups is 2. The zero-order valence-electron chi connectivity index (χ0n) is 15.9. The highest BCUT2D eigenvalue weighted by molar-refractivity contribution is 5.95. The number of nitrogens with one attached hydrogen (secondary N) is 3. The monoisotopic (exact) mass is 404 g/mol. The van der Waals surface area contributed by atoms with Crippen LogP contribution in [0.25, 0.3) is 0 Å². The van der Waals surface area contributed by atoms with Crippen LogP contribution in [0.1, 0.15) is 34.6 Å². The molecule has 0 fully saturated rings. The molecule has 0 unspecified atom stereocenters. The summed E-state index contributed by atoms with van der Waals surface area (Å²) in [7, 11) is 0. The molecule has 0 saturated carbocycles. The number of carbonyl (C=O) groups excluding carboxylic acids is 3. The van der Waals surface area contributed by atoms with Gasteiger partial charge in [0.25, 0.3) is 5.91 Å². The van der Waals surface area contributed by atoms with Crippen molar-refractivity contribution < 1.29 is 24.3 Å². The van der Waals surface area contributed by atoms with E-state index < -0.39 is 5.97 Å². The molecule has 0 atom stereocenters. The Bertz CT molecular complexity index is 822. The number of carbonyl (C=O) groups is 4. The summed E-state index contributed by atoms with van der Waals surface area (Å²) >= 11 is 0. The largest absolute Gasteiger partial charge is 0.478 e. The molecule has 2 aromatic carbocycles. The Morgan fingerprint density at radius 2 is 1.07 bits per heavy atom. The molecule has 2 rings (SSSR count). The average molecular weight is 404 g/mol. The number of anilines is 2. The molecular formula is C18H24N6O5. The molecule has 10 N–H and O–H groups in total. The molecular weight excluding hydrogens is 380 g/mol. The van der Waals surface area contributed by atoms with Crippen molar-refractivity contribution in [2.24, 2.45) is 17.5 Å². The number of nitrogens with two attached hydrogens (primary N) is 3. The number of carboxylic acid groups (broad SMARTS) is 1. The molecule has 0 spiro atoms. The van der Waals surface area contributed by atoms with Gasteiger partial charge in [-0.15, -0.1) is 0 Å². The second kappa shape index (κ2) is 13.4. The topological polar surface area (TPSA) is 203 Å². The maximum atomic E-state index is 11.0. The van der Waals surface area contributed by atoms with Crippen LogP contribution in [0.5, 0.6) is 0 Å². The molecule has 3 amide bonds. The van der Waals surface area contributed by atoms with Crippen LogP contribution in [-0.4, -0.2) is 28.8 Å². The molecule has 0 saturated heterocycles. The minimum absolute atomic E-state index is 0.152. The lowest BCUT2D eigenvalue weighted by atomic mass is 10.2. The third-order valence-corrected chi connectivity index (χ3v) is 3.05. The minimum Gasteiger partial charge on any atom is -0.478 e. The fourth-order valence-electron chi connectivity index (χ4n) is 1.89. The Labute approximate surface area is 167 Å². The fourth-order valence-corrected chi connectivity index (χ4v) is 1.89. The molecule has 2 aromatic rings. The van der Waals surface area contributed by atoms with Crippen molar-refractivity contribution in [2.75, 3.05) is 10.6 Å². The Morgan fingerprint density at radius 3 is 1.34 bits per heavy atom. The Balaban J connectivity index is 0.000000499. The molecule has 29 heavy (non-hydrogen) atoms. The van der Waals surface area contributed by atoms with Crippen molar-refractivity contribution in [2.45, 2.75) is 13.8 Å². The summed E-state index contributed by atoms with van der Waals surface area (Å²) < 4.78 is 0. The van der Waals surface area contributed by atoms with Crippen LogP contribution in [-0.2, 0) is 9.59 Å². The highest BCUT2D eigenvalue weighted by Gasteiger charge is 2.03. The van der Waals surface area contributed by atoms with Gasteiger partial charge in [-0.2, -0.15) is 0 Å². The molecule has 156 valence electrons. The van der Waals surface area contributed by atoms with E-state index in [4.69, 9.17) is 10.9 Å². The summed E-state index contributed by atoms with van der Waals surface area (Å²) in [5, 5.41) is 13.7. The number of rotatable bonds is 4. The van der Waals surface area contributed by atoms with Gasteiger partial charge in [-0.1, -0.05) is 0 Å². The van der Waals surface area contributed by atoms with Crippen LogP contribution in [0.4, 0.5) is 11.4 Å². The molecule has 0 bridgehead atoms. The molecule has 0 aliphatic carbocycles. The lowest BCUT2D eigenvalue weighted by molar-refractivity contribution is -0.115. The first-order chi connectivity index (χ1) is 13.7. The summed E-state index contributed by atoms with van der Waals surface area (Å²) in [5.74, 6) is 11.3. The van der Waals surface area contributed by atoms with Gasteiger partial charge in [0, 0.05) is 30.8 Å². The summed E-state index contributed by atoms with van der Waals surface area (Å²) in [6.07, 6.45) is 0. The molecule has 0 radical (unpaired) electrons. The van der Waals surface area contributed by atoms with E-state index in [1.165, 1.54) is 26.0 Å². The number of carboxylic acids is 1. The summed E-state index contributed by atoms with van der Waals surface area (Å²) in [6, 6.07) is 12.4. The zero-order chi connectivity index (χ0) is 22.4. The average Bonchev–Trinajstić information content (AvgIpc) is 2.69. The van der Waals surface area contributed by atoms with Crippen molar-refractivity contribution in [3.8, 4) is 0 Å². The third-order valence-electron chi connectivity index (χ3n) is 3.05. The van der Waals surface area contributed by atoms with Crippen molar-refractivity contribution >= 4 is 35.1 Å². The Kier molecular flexibility index (Phi) is 11.6. The summed E-state index contributed by atoms with van der Waals surface area (Å²) in [4.78, 5) is 42.8. The lowest BCUT2D eigenvalue weighted by Crippen LogP contribution is -2.29. The maximum Gasteiger partial charge on any atom is 0.335 e. The SMILES string of the molecule is CC(=O)Nc1ccc(C(=O)NN)cc1.CC(=O)Nc1ccc(C(=O)O)cc1.NN. The van der Waals surface area contributed by atoms with Gasteiger partial charge in [-0.3, -0.25) is 31.5 Å². The minimum atomic E-state index is -0.977. The predicted molar refractivity (Wildman–Crippen MR) is 108 cm³/mol. The molecule has 0 aromatic heterocycles. The van der Waals surface area contributed by atoms with Crippen LogP contribution >= 0.6 is 0 Å². The highest BCUT2D eigenvalue weighted by atomic mass is 16.4. The zero-order valence-corrected chi connectivity index (χ0v) is 15.9. The second-order valence-corrected chi connectivity index (χ2v) is 5.30. The number of amides is 3. The van der Waals surface area contributed by atoms with E-state index in [0.29, 0.717) is 16.9 Å². The molecule has 0 aliphatic heterocycles. The van der Waals surface area contributed by atoms with Gasteiger partial charge in [-0.05, 0) is 48.5 Å². The van der Waals surface area contributed by atoms with Crippen molar-refractivity contribution in [1.82, 2.24) is 5.43 Å². The third kappa shape index (κ3) is 10.2. The normalized spacial score (nSPS) is 8.86. The molecule has 11 heteroatoms. The smallest absolute Gasteiger partial charge is 0.335 e. The summed E-state index contributed by atoms with van der Waals surface area (Å²) in [6.45, 7) is 2.81. The van der Waals surface area contributed by atoms with E-state index in [1.807, 2.05) is 5.43 Å². The van der Waals surface area contributed by atoms with Crippen LogP contribution in [0, 0.1) is 0 Å². The van der Waals surface area contributed by atoms with Gasteiger partial charge in [0.05, 0.1) is 5.56 Å². The Morgan fingerprint density at radius 1 is 0.724 bits per heavy atom. The Hall–Kier alpha value is -3.80. The van der Waals surface area contributed by atoms with Gasteiger partial charge in [0.15, 0.2) is 0 Å². The molecule has 0 heterocycles. The van der Waals surface area contributed by atoms with Gasteiger partial charge >= 0.3 is 5.97 Å². The maximum absolute atomic E-state index is 11.0. The second-order valence-electron chi connectivity index (χ2n) is 5.30. The molecule has 11 nitrogen and oxygen atoms in total. The van der Waals surface area contributed by atoms with E-state index in [1.54, 1.807) is 36.4 Å². The van der Waals surface area contributed by atoms with Gasteiger partial charge < -0.3 is 15.7 Å². The lowest BCUT2D eigenvalue weighted by Gasteiger charge is -2.03. The summed E-state index contributed by atoms with van der Waals surface area (Å²) in [5.41, 5.74) is 3.90. The van der Waals surface area contributed by atoms with Crippen LogP contribution in [0.2, 0.25) is 0 Å². The number of aromatic carboxylic acids is 1. The fraction of sp³-hybridized carbons (Fsp3) is 0.111. The first-order valence-electron chi connectivity index (χ1n) is 8.05.